The molecule has 0 fully saturated rings. The Balaban J connectivity index is 1.65. The topological polar surface area (TPSA) is 82.7 Å². The van der Waals surface area contributed by atoms with E-state index >= 15 is 0 Å². The molecule has 2 rings (SSSR count). The SMILES string of the molecule is O=c1[nH]cnc(NCCCNCc2cccnc2)c1I. The van der Waals surface area contributed by atoms with Crippen molar-refractivity contribution in [3.8, 4) is 0 Å². The molecule has 0 unspecified atom stereocenters. The van der Waals surface area contributed by atoms with Crippen molar-refractivity contribution in [2.24, 2.45) is 0 Å². The number of rotatable bonds is 7. The smallest absolute Gasteiger partial charge is 0.266 e. The van der Waals surface area contributed by atoms with E-state index in [0.717, 1.165) is 26.1 Å². The van der Waals surface area contributed by atoms with Crippen LogP contribution in [-0.4, -0.2) is 28.0 Å². The number of nitrogens with one attached hydrogen (secondary N) is 3. The molecule has 0 aliphatic rings. The molecule has 0 atom stereocenters. The molecular formula is C13H16IN5O. The van der Waals surface area contributed by atoms with Gasteiger partial charge in [-0.2, -0.15) is 0 Å². The van der Waals surface area contributed by atoms with Crippen LogP contribution in [0, 0.1) is 3.57 Å². The van der Waals surface area contributed by atoms with Crippen LogP contribution in [0.1, 0.15) is 12.0 Å². The van der Waals surface area contributed by atoms with Gasteiger partial charge in [0.2, 0.25) is 0 Å². The monoisotopic (exact) mass is 385 g/mol. The molecule has 0 bridgehead atoms. The Morgan fingerprint density at radius 3 is 3.05 bits per heavy atom. The van der Waals surface area contributed by atoms with Crippen molar-refractivity contribution in [1.29, 1.82) is 0 Å². The minimum atomic E-state index is -0.113. The number of hydrogen-bond donors (Lipinski definition) is 3. The van der Waals surface area contributed by atoms with Crippen LogP contribution >= 0.6 is 22.6 Å². The highest BCUT2D eigenvalue weighted by molar-refractivity contribution is 14.1. The Hall–Kier alpha value is -1.48. The summed E-state index contributed by atoms with van der Waals surface area (Å²) in [5, 5.41) is 6.51. The summed E-state index contributed by atoms with van der Waals surface area (Å²) in [5.41, 5.74) is 1.06. The lowest BCUT2D eigenvalue weighted by molar-refractivity contribution is 0.661. The molecule has 6 nitrogen and oxygen atoms in total. The first-order chi connectivity index (χ1) is 9.77. The quantitative estimate of drug-likeness (QED) is 0.495. The van der Waals surface area contributed by atoms with E-state index in [4.69, 9.17) is 0 Å². The van der Waals surface area contributed by atoms with E-state index in [-0.39, 0.29) is 5.56 Å². The standard InChI is InChI=1S/C13H16IN5O/c14-11-12(18-9-19-13(11)20)17-6-2-5-16-8-10-3-1-4-15-7-10/h1,3-4,7,9,16H,2,5-6,8H2,(H2,17,18,19,20). The molecule has 0 aliphatic heterocycles. The van der Waals surface area contributed by atoms with Crippen molar-refractivity contribution >= 4 is 28.4 Å². The highest BCUT2D eigenvalue weighted by Crippen LogP contribution is 2.08. The Kier molecular flexibility index (Phi) is 5.93. The number of aromatic nitrogens is 3. The molecule has 0 aliphatic carbocycles. The average Bonchev–Trinajstić information content (AvgIpc) is 2.48. The summed E-state index contributed by atoms with van der Waals surface area (Å²) in [6.07, 6.45) is 5.98. The Morgan fingerprint density at radius 1 is 1.35 bits per heavy atom. The van der Waals surface area contributed by atoms with Gasteiger partial charge >= 0.3 is 0 Å². The average molecular weight is 385 g/mol. The summed E-state index contributed by atoms with van der Waals surface area (Å²) in [6.45, 7) is 2.47. The fraction of sp³-hybridized carbons (Fsp3) is 0.308. The number of aromatic amines is 1. The third kappa shape index (κ3) is 4.57. The lowest BCUT2D eigenvalue weighted by Gasteiger charge is -2.07. The maximum atomic E-state index is 11.4. The van der Waals surface area contributed by atoms with Gasteiger partial charge in [0.15, 0.2) is 0 Å². The third-order valence-corrected chi connectivity index (χ3v) is 3.67. The van der Waals surface area contributed by atoms with Crippen LogP contribution < -0.4 is 16.2 Å². The molecule has 0 aromatic carbocycles. The Morgan fingerprint density at radius 2 is 2.25 bits per heavy atom. The van der Waals surface area contributed by atoms with Crippen LogP contribution in [-0.2, 0) is 6.54 Å². The summed E-state index contributed by atoms with van der Waals surface area (Å²) >= 11 is 1.99. The Labute approximate surface area is 130 Å². The van der Waals surface area contributed by atoms with Gasteiger partial charge in [0, 0.05) is 25.5 Å². The normalized spacial score (nSPS) is 10.4. The maximum absolute atomic E-state index is 11.4. The molecule has 2 aromatic rings. The van der Waals surface area contributed by atoms with Crippen LogP contribution in [0.25, 0.3) is 0 Å². The number of hydrogen-bond acceptors (Lipinski definition) is 5. The number of anilines is 1. The molecule has 0 amide bonds. The lowest BCUT2D eigenvalue weighted by Crippen LogP contribution is -2.19. The second-order valence-corrected chi connectivity index (χ2v) is 5.29. The van der Waals surface area contributed by atoms with E-state index in [1.807, 2.05) is 40.9 Å². The van der Waals surface area contributed by atoms with Crippen LogP contribution in [0.2, 0.25) is 0 Å². The van der Waals surface area contributed by atoms with E-state index in [9.17, 15) is 4.79 Å². The summed E-state index contributed by atoms with van der Waals surface area (Å²) in [5.74, 6) is 0.640. The van der Waals surface area contributed by atoms with E-state index < -0.39 is 0 Å². The first-order valence-corrected chi connectivity index (χ1v) is 7.42. The molecule has 0 spiro atoms. The number of halogens is 1. The van der Waals surface area contributed by atoms with Gasteiger partial charge in [-0.25, -0.2) is 4.98 Å². The highest BCUT2D eigenvalue weighted by Gasteiger charge is 2.03. The lowest BCUT2D eigenvalue weighted by atomic mass is 10.3. The van der Waals surface area contributed by atoms with Gasteiger partial charge in [-0.1, -0.05) is 6.07 Å². The van der Waals surface area contributed by atoms with E-state index in [1.165, 1.54) is 11.9 Å². The van der Waals surface area contributed by atoms with Crippen LogP contribution in [0.4, 0.5) is 5.82 Å². The van der Waals surface area contributed by atoms with E-state index in [2.05, 4.69) is 25.6 Å². The van der Waals surface area contributed by atoms with Crippen molar-refractivity contribution in [2.45, 2.75) is 13.0 Å². The van der Waals surface area contributed by atoms with Crippen molar-refractivity contribution in [3.05, 3.63) is 50.3 Å². The summed E-state index contributed by atoms with van der Waals surface area (Å²) < 4.78 is 0.591. The van der Waals surface area contributed by atoms with Gasteiger partial charge in [0.05, 0.1) is 6.33 Å². The summed E-state index contributed by atoms with van der Waals surface area (Å²) in [7, 11) is 0. The highest BCUT2D eigenvalue weighted by atomic mass is 127. The second kappa shape index (κ2) is 7.95. The van der Waals surface area contributed by atoms with Crippen molar-refractivity contribution in [1.82, 2.24) is 20.3 Å². The summed E-state index contributed by atoms with van der Waals surface area (Å²) in [6, 6.07) is 3.97. The van der Waals surface area contributed by atoms with Crippen molar-refractivity contribution in [2.75, 3.05) is 18.4 Å². The minimum Gasteiger partial charge on any atom is -0.369 e. The second-order valence-electron chi connectivity index (χ2n) is 4.21. The molecule has 7 heteroatoms. The molecule has 106 valence electrons. The van der Waals surface area contributed by atoms with E-state index in [0.29, 0.717) is 9.39 Å². The number of pyridine rings is 1. The molecule has 20 heavy (non-hydrogen) atoms. The van der Waals surface area contributed by atoms with Gasteiger partial charge in [-0.3, -0.25) is 9.78 Å². The van der Waals surface area contributed by atoms with Crippen molar-refractivity contribution < 1.29 is 0 Å². The minimum absolute atomic E-state index is 0.113. The van der Waals surface area contributed by atoms with Crippen LogP contribution in [0.5, 0.6) is 0 Å². The molecule has 0 saturated heterocycles. The molecular weight excluding hydrogens is 369 g/mol. The summed E-state index contributed by atoms with van der Waals surface area (Å²) in [4.78, 5) is 22.1. The zero-order valence-corrected chi connectivity index (χ0v) is 13.1. The van der Waals surface area contributed by atoms with Crippen LogP contribution in [0.3, 0.4) is 0 Å². The molecule has 3 N–H and O–H groups in total. The zero-order chi connectivity index (χ0) is 14.2. The van der Waals surface area contributed by atoms with E-state index in [1.54, 1.807) is 6.20 Å². The number of H-pyrrole nitrogens is 1. The molecule has 2 aromatic heterocycles. The van der Waals surface area contributed by atoms with Gasteiger partial charge in [0.1, 0.15) is 9.39 Å². The van der Waals surface area contributed by atoms with Crippen LogP contribution in [0.15, 0.2) is 35.6 Å². The molecule has 0 radical (unpaired) electrons. The van der Waals surface area contributed by atoms with Gasteiger partial charge in [0.25, 0.3) is 5.56 Å². The predicted octanol–water partition coefficient (Wildman–Crippen LogP) is 1.36. The fourth-order valence-electron chi connectivity index (χ4n) is 1.66. The third-order valence-electron chi connectivity index (χ3n) is 2.67. The molecule has 0 saturated carbocycles. The first kappa shape index (κ1) is 14.9. The van der Waals surface area contributed by atoms with Gasteiger partial charge in [-0.05, 0) is 47.2 Å². The molecule has 2 heterocycles. The maximum Gasteiger partial charge on any atom is 0.266 e. The zero-order valence-electron chi connectivity index (χ0n) is 10.9. The number of nitrogens with zero attached hydrogens (tertiary/aromatic N) is 2. The van der Waals surface area contributed by atoms with Gasteiger partial charge in [-0.15, -0.1) is 0 Å². The predicted molar refractivity (Wildman–Crippen MR) is 86.6 cm³/mol. The van der Waals surface area contributed by atoms with Gasteiger partial charge < -0.3 is 15.6 Å². The van der Waals surface area contributed by atoms with Crippen molar-refractivity contribution in [3.63, 3.8) is 0 Å². The Bertz CT molecular complexity index is 587. The largest absolute Gasteiger partial charge is 0.369 e. The first-order valence-electron chi connectivity index (χ1n) is 6.34. The fourth-order valence-corrected chi connectivity index (χ4v) is 2.15.